The first-order valence-corrected chi connectivity index (χ1v) is 15.0. The molecule has 0 aliphatic heterocycles. The molecular weight excluding hydrogens is 360 g/mol. The van der Waals surface area contributed by atoms with Crippen molar-refractivity contribution in [2.45, 2.75) is 117 Å². The first kappa shape index (κ1) is 21.1. The number of ketones is 1. The molecule has 3 heteroatoms. The zero-order chi connectivity index (χ0) is 20.5. The Bertz CT molecular complexity index is 635. The summed E-state index contributed by atoms with van der Waals surface area (Å²) in [5.74, 6) is 3.75. The molecule has 0 aromatic carbocycles. The van der Waals surface area contributed by atoms with Crippen molar-refractivity contribution in [3.8, 4) is 0 Å². The fourth-order valence-electron chi connectivity index (χ4n) is 7.69. The van der Waals surface area contributed by atoms with E-state index in [1.807, 2.05) is 0 Å². The standard InChI is InChI=1S/C25H44O2Si/c1-23(2,3)28(6,7)27-18-12-14-24(4)17(16-18)8-9-19-20-10-11-22(26)25(20,5)15-13-21(19)24/h17-21H,8-16H2,1-7H3/t17-,18+,19+,20+,21+,24+,25+/m1/s1. The molecule has 4 saturated carbocycles. The van der Waals surface area contributed by atoms with E-state index in [4.69, 9.17) is 4.43 Å². The molecule has 28 heavy (non-hydrogen) atoms. The first-order valence-electron chi connectivity index (χ1n) is 12.1. The summed E-state index contributed by atoms with van der Waals surface area (Å²) in [4.78, 5) is 12.6. The lowest BCUT2D eigenvalue weighted by Gasteiger charge is -2.60. The molecular formula is C25H44O2Si. The highest BCUT2D eigenvalue weighted by Gasteiger charge is 2.60. The van der Waals surface area contributed by atoms with E-state index in [1.165, 1.54) is 44.9 Å². The predicted octanol–water partition coefficient (Wildman–Crippen LogP) is 6.99. The monoisotopic (exact) mass is 404 g/mol. The summed E-state index contributed by atoms with van der Waals surface area (Å²) in [5.41, 5.74) is 0.510. The minimum Gasteiger partial charge on any atom is -0.414 e. The highest BCUT2D eigenvalue weighted by Crippen LogP contribution is 2.65. The molecule has 4 aliphatic carbocycles. The maximum absolute atomic E-state index is 12.6. The van der Waals surface area contributed by atoms with E-state index < -0.39 is 8.32 Å². The van der Waals surface area contributed by atoms with Crippen molar-refractivity contribution in [3.05, 3.63) is 0 Å². The lowest BCUT2D eigenvalue weighted by atomic mass is 9.45. The molecule has 0 aromatic rings. The van der Waals surface area contributed by atoms with Gasteiger partial charge >= 0.3 is 0 Å². The van der Waals surface area contributed by atoms with Gasteiger partial charge < -0.3 is 4.43 Å². The summed E-state index contributed by atoms with van der Waals surface area (Å²) < 4.78 is 6.87. The van der Waals surface area contributed by atoms with Gasteiger partial charge in [0.2, 0.25) is 0 Å². The summed E-state index contributed by atoms with van der Waals surface area (Å²) in [6.07, 6.45) is 11.6. The SMILES string of the molecule is CC(C)(C)[Si](C)(C)O[C@H]1CC[C@@]2(C)[C@H](CC[C@@H]3[C@@H]2CC[C@]2(C)C(=O)CC[C@@H]32)C1. The van der Waals surface area contributed by atoms with Crippen LogP contribution in [0.15, 0.2) is 0 Å². The molecule has 0 spiro atoms. The van der Waals surface area contributed by atoms with Crippen LogP contribution in [0.4, 0.5) is 0 Å². The third kappa shape index (κ3) is 3.09. The van der Waals surface area contributed by atoms with Crippen molar-refractivity contribution in [2.24, 2.45) is 34.5 Å². The number of Topliss-reactive ketones (excluding diaryl/α,β-unsaturated/α-hetero) is 1. The summed E-state index contributed by atoms with van der Waals surface area (Å²) in [6, 6.07) is 0. The van der Waals surface area contributed by atoms with Crippen molar-refractivity contribution in [2.75, 3.05) is 0 Å². The molecule has 0 radical (unpaired) electrons. The van der Waals surface area contributed by atoms with Crippen molar-refractivity contribution in [3.63, 3.8) is 0 Å². The zero-order valence-corrected chi connectivity index (χ0v) is 20.6. The topological polar surface area (TPSA) is 26.3 Å². The van der Waals surface area contributed by atoms with E-state index >= 15 is 0 Å². The summed E-state index contributed by atoms with van der Waals surface area (Å²) >= 11 is 0. The van der Waals surface area contributed by atoms with Crippen LogP contribution >= 0.6 is 0 Å². The Labute approximate surface area is 174 Å². The largest absolute Gasteiger partial charge is 0.414 e. The normalized spacial score (nSPS) is 46.7. The van der Waals surface area contributed by atoms with E-state index in [0.717, 1.165) is 30.6 Å². The van der Waals surface area contributed by atoms with E-state index in [1.54, 1.807) is 0 Å². The Balaban J connectivity index is 1.48. The number of hydrogen-bond donors (Lipinski definition) is 0. The molecule has 160 valence electrons. The number of fused-ring (bicyclic) bond motifs is 5. The third-order valence-corrected chi connectivity index (χ3v) is 15.1. The number of carbonyl (C=O) groups is 1. The second-order valence-corrected chi connectivity index (χ2v) is 17.6. The molecule has 7 atom stereocenters. The molecule has 0 bridgehead atoms. The second kappa shape index (κ2) is 6.67. The van der Waals surface area contributed by atoms with Gasteiger partial charge in [-0.05, 0) is 98.6 Å². The van der Waals surface area contributed by atoms with Gasteiger partial charge in [-0.25, -0.2) is 0 Å². The van der Waals surface area contributed by atoms with Crippen LogP contribution in [-0.4, -0.2) is 20.2 Å². The van der Waals surface area contributed by atoms with Crippen molar-refractivity contribution in [1.82, 2.24) is 0 Å². The Morgan fingerprint density at radius 2 is 1.68 bits per heavy atom. The Hall–Kier alpha value is -0.153. The molecule has 2 nitrogen and oxygen atoms in total. The third-order valence-electron chi connectivity index (χ3n) is 10.6. The van der Waals surface area contributed by atoms with Crippen molar-refractivity contribution >= 4 is 14.1 Å². The summed E-state index contributed by atoms with van der Waals surface area (Å²) in [6.45, 7) is 16.8. The van der Waals surface area contributed by atoms with Gasteiger partial charge in [0.05, 0.1) is 0 Å². The second-order valence-electron chi connectivity index (χ2n) is 12.8. The van der Waals surface area contributed by atoms with E-state index in [2.05, 4.69) is 47.7 Å². The fourth-order valence-corrected chi connectivity index (χ4v) is 9.09. The van der Waals surface area contributed by atoms with Gasteiger partial charge in [0.15, 0.2) is 8.32 Å². The minimum absolute atomic E-state index is 0.0208. The molecule has 4 fully saturated rings. The Morgan fingerprint density at radius 1 is 0.964 bits per heavy atom. The quantitative estimate of drug-likeness (QED) is 0.464. The molecule has 0 unspecified atom stereocenters. The van der Waals surface area contributed by atoms with Crippen LogP contribution in [0.25, 0.3) is 0 Å². The van der Waals surface area contributed by atoms with Gasteiger partial charge in [-0.3, -0.25) is 4.79 Å². The maximum Gasteiger partial charge on any atom is 0.192 e. The van der Waals surface area contributed by atoms with E-state index in [0.29, 0.717) is 28.3 Å². The van der Waals surface area contributed by atoms with E-state index in [9.17, 15) is 4.79 Å². The van der Waals surface area contributed by atoms with Crippen LogP contribution in [0.2, 0.25) is 18.1 Å². The predicted molar refractivity (Wildman–Crippen MR) is 119 cm³/mol. The molecule has 4 rings (SSSR count). The average Bonchev–Trinajstić information content (AvgIpc) is 2.89. The van der Waals surface area contributed by atoms with Gasteiger partial charge in [-0.2, -0.15) is 0 Å². The molecule has 0 N–H and O–H groups in total. The Morgan fingerprint density at radius 3 is 2.36 bits per heavy atom. The van der Waals surface area contributed by atoms with Crippen LogP contribution in [0.5, 0.6) is 0 Å². The smallest absolute Gasteiger partial charge is 0.192 e. The lowest BCUT2D eigenvalue weighted by Crippen LogP contribution is -2.55. The highest BCUT2D eigenvalue weighted by molar-refractivity contribution is 6.74. The van der Waals surface area contributed by atoms with Crippen molar-refractivity contribution in [1.29, 1.82) is 0 Å². The van der Waals surface area contributed by atoms with Crippen LogP contribution in [0.3, 0.4) is 0 Å². The van der Waals surface area contributed by atoms with E-state index in [-0.39, 0.29) is 5.41 Å². The average molecular weight is 405 g/mol. The highest BCUT2D eigenvalue weighted by atomic mass is 28.4. The summed E-state index contributed by atoms with van der Waals surface area (Å²) in [7, 11) is -1.68. The molecule has 0 amide bonds. The number of hydrogen-bond acceptors (Lipinski definition) is 2. The van der Waals surface area contributed by atoms with Gasteiger partial charge in [0.25, 0.3) is 0 Å². The number of rotatable bonds is 2. The molecule has 0 saturated heterocycles. The van der Waals surface area contributed by atoms with Crippen LogP contribution in [0, 0.1) is 34.5 Å². The van der Waals surface area contributed by atoms with Gasteiger partial charge in [-0.15, -0.1) is 0 Å². The van der Waals surface area contributed by atoms with Crippen LogP contribution < -0.4 is 0 Å². The minimum atomic E-state index is -1.68. The zero-order valence-electron chi connectivity index (χ0n) is 19.6. The maximum atomic E-state index is 12.6. The van der Waals surface area contributed by atoms with Crippen molar-refractivity contribution < 1.29 is 9.22 Å². The molecule has 4 aliphatic rings. The van der Waals surface area contributed by atoms with Crippen LogP contribution in [0.1, 0.15) is 92.4 Å². The van der Waals surface area contributed by atoms with Gasteiger partial charge in [-0.1, -0.05) is 34.6 Å². The molecule has 0 aromatic heterocycles. The van der Waals surface area contributed by atoms with Gasteiger partial charge in [0.1, 0.15) is 5.78 Å². The summed E-state index contributed by atoms with van der Waals surface area (Å²) in [5, 5.41) is 0.300. The first-order chi connectivity index (χ1) is 12.9. The Kier molecular flexibility index (Phi) is 5.03. The number of carbonyl (C=O) groups excluding carboxylic acids is 1. The molecule has 0 heterocycles. The fraction of sp³-hybridized carbons (Fsp3) is 0.960. The van der Waals surface area contributed by atoms with Gasteiger partial charge in [0, 0.05) is 17.9 Å². The van der Waals surface area contributed by atoms with Crippen LogP contribution in [-0.2, 0) is 9.22 Å². The lowest BCUT2D eigenvalue weighted by molar-refractivity contribution is -0.141.